The Balaban J connectivity index is 2.59. The SMILES string of the molecule is COC(=O)CN(c1cccc(Cl)c1Cl)S(=O)(=O)c1ccc(F)cc1. The van der Waals surface area contributed by atoms with Crippen molar-refractivity contribution >= 4 is 44.9 Å². The van der Waals surface area contributed by atoms with E-state index in [1.807, 2.05) is 0 Å². The van der Waals surface area contributed by atoms with Crippen molar-refractivity contribution < 1.29 is 22.3 Å². The average Bonchev–Trinajstić information content (AvgIpc) is 2.55. The van der Waals surface area contributed by atoms with Gasteiger partial charge in [-0.2, -0.15) is 0 Å². The van der Waals surface area contributed by atoms with E-state index in [9.17, 15) is 17.6 Å². The predicted molar refractivity (Wildman–Crippen MR) is 89.4 cm³/mol. The summed E-state index contributed by atoms with van der Waals surface area (Å²) < 4.78 is 44.1. The molecule has 128 valence electrons. The van der Waals surface area contributed by atoms with E-state index in [1.165, 1.54) is 18.2 Å². The minimum absolute atomic E-state index is 0.0129. The third kappa shape index (κ3) is 3.80. The summed E-state index contributed by atoms with van der Waals surface area (Å²) in [5.74, 6) is -1.38. The quantitative estimate of drug-likeness (QED) is 0.731. The van der Waals surface area contributed by atoms with E-state index in [4.69, 9.17) is 23.2 Å². The molecule has 0 unspecified atom stereocenters. The Kier molecular flexibility index (Phi) is 5.69. The zero-order valence-electron chi connectivity index (χ0n) is 12.4. The molecule has 2 aromatic rings. The van der Waals surface area contributed by atoms with Crippen LogP contribution in [0.15, 0.2) is 47.4 Å². The number of halogens is 3. The van der Waals surface area contributed by atoms with Gasteiger partial charge >= 0.3 is 5.97 Å². The highest BCUT2D eigenvalue weighted by Gasteiger charge is 2.29. The molecule has 0 N–H and O–H groups in total. The van der Waals surface area contributed by atoms with Gasteiger partial charge in [-0.3, -0.25) is 9.10 Å². The van der Waals surface area contributed by atoms with Gasteiger partial charge in [-0.05, 0) is 36.4 Å². The number of hydrogen-bond acceptors (Lipinski definition) is 4. The Hall–Kier alpha value is -1.83. The number of carbonyl (C=O) groups excluding carboxylic acids is 1. The van der Waals surface area contributed by atoms with Crippen molar-refractivity contribution in [2.24, 2.45) is 0 Å². The molecular weight excluding hydrogens is 380 g/mol. The fraction of sp³-hybridized carbons (Fsp3) is 0.133. The lowest BCUT2D eigenvalue weighted by Gasteiger charge is -2.24. The maximum absolute atomic E-state index is 13.1. The normalized spacial score (nSPS) is 11.2. The number of carbonyl (C=O) groups is 1. The monoisotopic (exact) mass is 391 g/mol. The van der Waals surface area contributed by atoms with Crippen molar-refractivity contribution in [3.05, 3.63) is 58.3 Å². The number of sulfonamides is 1. The van der Waals surface area contributed by atoms with Crippen LogP contribution in [0.4, 0.5) is 10.1 Å². The summed E-state index contributed by atoms with van der Waals surface area (Å²) in [5.41, 5.74) is 0.0129. The molecule has 2 rings (SSSR count). The number of ether oxygens (including phenoxy) is 1. The van der Waals surface area contributed by atoms with Crippen LogP contribution in [-0.4, -0.2) is 28.0 Å². The van der Waals surface area contributed by atoms with Gasteiger partial charge in [-0.1, -0.05) is 29.3 Å². The first kappa shape index (κ1) is 18.5. The largest absolute Gasteiger partial charge is 0.468 e. The molecule has 0 aliphatic carbocycles. The molecule has 0 fully saturated rings. The highest BCUT2D eigenvalue weighted by atomic mass is 35.5. The topological polar surface area (TPSA) is 63.7 Å². The Morgan fingerprint density at radius 1 is 1.17 bits per heavy atom. The molecule has 0 radical (unpaired) electrons. The molecule has 0 aliphatic heterocycles. The van der Waals surface area contributed by atoms with Gasteiger partial charge < -0.3 is 4.74 Å². The number of anilines is 1. The minimum Gasteiger partial charge on any atom is -0.468 e. The number of hydrogen-bond donors (Lipinski definition) is 0. The van der Waals surface area contributed by atoms with Gasteiger partial charge in [0.15, 0.2) is 0 Å². The van der Waals surface area contributed by atoms with Crippen LogP contribution in [-0.2, 0) is 19.6 Å². The number of benzene rings is 2. The van der Waals surface area contributed by atoms with Crippen LogP contribution in [0.5, 0.6) is 0 Å². The van der Waals surface area contributed by atoms with Crippen molar-refractivity contribution in [2.75, 3.05) is 18.0 Å². The van der Waals surface area contributed by atoms with Gasteiger partial charge in [-0.25, -0.2) is 12.8 Å². The van der Waals surface area contributed by atoms with E-state index in [2.05, 4.69) is 4.74 Å². The summed E-state index contributed by atoms with van der Waals surface area (Å²) in [6, 6.07) is 8.56. The molecule has 0 heterocycles. The molecular formula is C15H12Cl2FNO4S. The zero-order valence-corrected chi connectivity index (χ0v) is 14.7. The van der Waals surface area contributed by atoms with Crippen molar-refractivity contribution in [1.82, 2.24) is 0 Å². The summed E-state index contributed by atoms with van der Waals surface area (Å²) in [6.07, 6.45) is 0. The van der Waals surface area contributed by atoms with Crippen molar-refractivity contribution in [3.63, 3.8) is 0 Å². The van der Waals surface area contributed by atoms with Crippen LogP contribution in [0.1, 0.15) is 0 Å². The minimum atomic E-state index is -4.19. The van der Waals surface area contributed by atoms with Gasteiger partial charge in [0.05, 0.1) is 27.7 Å². The summed E-state index contributed by atoms with van der Waals surface area (Å²) >= 11 is 12.0. The lowest BCUT2D eigenvalue weighted by molar-refractivity contribution is -0.138. The van der Waals surface area contributed by atoms with Crippen LogP contribution in [0.25, 0.3) is 0 Å². The van der Waals surface area contributed by atoms with E-state index in [1.54, 1.807) is 0 Å². The zero-order chi connectivity index (χ0) is 17.9. The molecule has 0 saturated heterocycles. The fourth-order valence-electron chi connectivity index (χ4n) is 1.90. The van der Waals surface area contributed by atoms with Crippen LogP contribution in [0.2, 0.25) is 10.0 Å². The molecule has 0 spiro atoms. The van der Waals surface area contributed by atoms with Crippen molar-refractivity contribution in [2.45, 2.75) is 4.90 Å². The second kappa shape index (κ2) is 7.38. The Bertz CT molecular complexity index is 856. The first-order valence-corrected chi connectivity index (χ1v) is 8.76. The highest BCUT2D eigenvalue weighted by molar-refractivity contribution is 7.92. The van der Waals surface area contributed by atoms with Crippen LogP contribution in [0, 0.1) is 5.82 Å². The summed E-state index contributed by atoms with van der Waals surface area (Å²) in [6.45, 7) is -0.615. The number of methoxy groups -OCH3 is 1. The number of nitrogens with zero attached hydrogens (tertiary/aromatic N) is 1. The lowest BCUT2D eigenvalue weighted by Crippen LogP contribution is -2.36. The van der Waals surface area contributed by atoms with Crippen LogP contribution >= 0.6 is 23.2 Å². The maximum atomic E-state index is 13.1. The molecule has 2 aromatic carbocycles. The second-order valence-corrected chi connectivity index (χ2v) is 7.26. The first-order chi connectivity index (χ1) is 11.3. The Labute approximate surface area is 148 Å². The van der Waals surface area contributed by atoms with Crippen molar-refractivity contribution in [1.29, 1.82) is 0 Å². The number of rotatable bonds is 5. The van der Waals surface area contributed by atoms with Gasteiger partial charge in [0.2, 0.25) is 0 Å². The van der Waals surface area contributed by atoms with Crippen molar-refractivity contribution in [3.8, 4) is 0 Å². The fourth-order valence-corrected chi connectivity index (χ4v) is 3.77. The smallest absolute Gasteiger partial charge is 0.326 e. The molecule has 0 amide bonds. The van der Waals surface area contributed by atoms with Gasteiger partial charge in [0.1, 0.15) is 12.4 Å². The third-order valence-corrected chi connectivity index (χ3v) is 5.68. The third-order valence-electron chi connectivity index (χ3n) is 3.10. The standard InChI is InChI=1S/C15H12Cl2FNO4S/c1-23-14(20)9-19(13-4-2-3-12(16)15(13)17)24(21,22)11-7-5-10(18)6-8-11/h2-8H,9H2,1H3. The first-order valence-electron chi connectivity index (χ1n) is 6.56. The average molecular weight is 392 g/mol. The van der Waals surface area contributed by atoms with Gasteiger partial charge in [-0.15, -0.1) is 0 Å². The summed E-state index contributed by atoms with van der Waals surface area (Å²) in [5, 5.41) is 0.0899. The van der Waals surface area contributed by atoms with E-state index >= 15 is 0 Å². The Morgan fingerprint density at radius 3 is 2.38 bits per heavy atom. The van der Waals surface area contributed by atoms with E-state index in [0.717, 1.165) is 35.7 Å². The molecule has 9 heteroatoms. The van der Waals surface area contributed by atoms with E-state index in [0.29, 0.717) is 0 Å². The maximum Gasteiger partial charge on any atom is 0.326 e. The van der Waals surface area contributed by atoms with E-state index < -0.39 is 28.4 Å². The van der Waals surface area contributed by atoms with Gasteiger partial charge in [0.25, 0.3) is 10.0 Å². The van der Waals surface area contributed by atoms with E-state index in [-0.39, 0.29) is 20.6 Å². The summed E-state index contributed by atoms with van der Waals surface area (Å²) in [7, 11) is -3.06. The summed E-state index contributed by atoms with van der Waals surface area (Å²) in [4.78, 5) is 11.5. The lowest BCUT2D eigenvalue weighted by atomic mass is 10.3. The molecule has 0 bridgehead atoms. The molecule has 0 aromatic heterocycles. The second-order valence-electron chi connectivity index (χ2n) is 4.61. The number of esters is 1. The molecule has 5 nitrogen and oxygen atoms in total. The molecule has 0 aliphatic rings. The van der Waals surface area contributed by atoms with Gasteiger partial charge in [0, 0.05) is 0 Å². The molecule has 24 heavy (non-hydrogen) atoms. The predicted octanol–water partition coefficient (Wildman–Crippen LogP) is 3.50. The highest BCUT2D eigenvalue weighted by Crippen LogP contribution is 2.35. The molecule has 0 atom stereocenters. The Morgan fingerprint density at radius 2 is 1.79 bits per heavy atom. The van der Waals surface area contributed by atoms with Crippen LogP contribution < -0.4 is 4.31 Å². The van der Waals surface area contributed by atoms with Crippen LogP contribution in [0.3, 0.4) is 0 Å². The molecule has 0 saturated carbocycles.